The van der Waals surface area contributed by atoms with E-state index in [1.54, 1.807) is 0 Å². The van der Waals surface area contributed by atoms with Crippen LogP contribution in [-0.2, 0) is 14.6 Å². The SMILES string of the molecule is CCOCC1(N)C(c2ccccc2)C1S(C)(=O)=O. The molecule has 0 bridgehead atoms. The summed E-state index contributed by atoms with van der Waals surface area (Å²) in [5, 5.41) is -0.543. The van der Waals surface area contributed by atoms with Gasteiger partial charge < -0.3 is 10.5 Å². The molecule has 1 fully saturated rings. The number of rotatable bonds is 5. The first kappa shape index (κ1) is 13.5. The molecule has 2 rings (SSSR count). The van der Waals surface area contributed by atoms with Crippen molar-refractivity contribution in [2.24, 2.45) is 5.73 Å². The van der Waals surface area contributed by atoms with Gasteiger partial charge in [0.2, 0.25) is 0 Å². The molecular formula is C13H19NO3S. The lowest BCUT2D eigenvalue weighted by atomic mass is 10.1. The summed E-state index contributed by atoms with van der Waals surface area (Å²) in [6, 6.07) is 9.54. The van der Waals surface area contributed by atoms with Crippen molar-refractivity contribution in [3.63, 3.8) is 0 Å². The van der Waals surface area contributed by atoms with Crippen molar-refractivity contribution >= 4 is 9.84 Å². The quantitative estimate of drug-likeness (QED) is 0.863. The van der Waals surface area contributed by atoms with E-state index in [0.29, 0.717) is 6.61 Å². The number of benzene rings is 1. The van der Waals surface area contributed by atoms with Crippen molar-refractivity contribution in [2.45, 2.75) is 23.6 Å². The minimum absolute atomic E-state index is 0.166. The maximum absolute atomic E-state index is 11.8. The van der Waals surface area contributed by atoms with Crippen LogP contribution in [0.2, 0.25) is 0 Å². The molecule has 0 saturated heterocycles. The standard InChI is InChI=1S/C13H19NO3S/c1-3-17-9-13(14)11(12(13)18(2,15)16)10-7-5-4-6-8-10/h4-8,11-12H,3,9,14H2,1-2H3. The monoisotopic (exact) mass is 269 g/mol. The van der Waals surface area contributed by atoms with E-state index in [-0.39, 0.29) is 12.5 Å². The normalized spacial score (nSPS) is 31.3. The zero-order valence-electron chi connectivity index (χ0n) is 10.7. The zero-order valence-corrected chi connectivity index (χ0v) is 11.5. The Balaban J connectivity index is 2.29. The molecule has 100 valence electrons. The van der Waals surface area contributed by atoms with E-state index in [2.05, 4.69) is 0 Å². The fourth-order valence-corrected chi connectivity index (χ4v) is 4.50. The second kappa shape index (κ2) is 4.64. The molecule has 3 atom stereocenters. The Morgan fingerprint density at radius 2 is 1.94 bits per heavy atom. The lowest BCUT2D eigenvalue weighted by Gasteiger charge is -2.11. The fourth-order valence-electron chi connectivity index (χ4n) is 2.66. The van der Waals surface area contributed by atoms with Crippen LogP contribution in [0.4, 0.5) is 0 Å². The van der Waals surface area contributed by atoms with Crippen LogP contribution in [0, 0.1) is 0 Å². The third-order valence-corrected chi connectivity index (χ3v) is 5.11. The van der Waals surface area contributed by atoms with Gasteiger partial charge in [-0.2, -0.15) is 0 Å². The number of hydrogen-bond donors (Lipinski definition) is 1. The molecule has 0 aliphatic heterocycles. The molecule has 3 unspecified atom stereocenters. The summed E-state index contributed by atoms with van der Waals surface area (Å²) in [6.07, 6.45) is 1.24. The summed E-state index contributed by atoms with van der Waals surface area (Å²) in [7, 11) is -3.17. The molecule has 0 radical (unpaired) electrons. The first-order chi connectivity index (χ1) is 8.41. The van der Waals surface area contributed by atoms with Crippen molar-refractivity contribution in [1.82, 2.24) is 0 Å². The molecule has 18 heavy (non-hydrogen) atoms. The van der Waals surface area contributed by atoms with Gasteiger partial charge in [0.1, 0.15) is 0 Å². The molecule has 0 heterocycles. The van der Waals surface area contributed by atoms with Gasteiger partial charge in [0, 0.05) is 18.8 Å². The van der Waals surface area contributed by atoms with Gasteiger partial charge in [-0.05, 0) is 12.5 Å². The minimum atomic E-state index is -3.17. The van der Waals surface area contributed by atoms with Gasteiger partial charge in [-0.3, -0.25) is 0 Å². The number of sulfone groups is 1. The molecule has 1 aliphatic carbocycles. The van der Waals surface area contributed by atoms with Gasteiger partial charge in [-0.25, -0.2) is 8.42 Å². The highest BCUT2D eigenvalue weighted by Gasteiger charge is 2.67. The lowest BCUT2D eigenvalue weighted by molar-refractivity contribution is 0.125. The summed E-state index contributed by atoms with van der Waals surface area (Å²) in [4.78, 5) is 0. The van der Waals surface area contributed by atoms with Gasteiger partial charge in [0.05, 0.1) is 17.4 Å². The Hall–Kier alpha value is -0.910. The van der Waals surface area contributed by atoms with E-state index in [9.17, 15) is 8.42 Å². The van der Waals surface area contributed by atoms with Crippen LogP contribution in [0.25, 0.3) is 0 Å². The van der Waals surface area contributed by atoms with Gasteiger partial charge in [-0.1, -0.05) is 30.3 Å². The van der Waals surface area contributed by atoms with Crippen LogP contribution in [0.15, 0.2) is 30.3 Å². The Kier molecular flexibility index (Phi) is 3.49. The van der Waals surface area contributed by atoms with Crippen LogP contribution in [0.5, 0.6) is 0 Å². The lowest BCUT2D eigenvalue weighted by Crippen LogP contribution is -2.36. The second-order valence-electron chi connectivity index (χ2n) is 4.89. The largest absolute Gasteiger partial charge is 0.380 e. The van der Waals surface area contributed by atoms with Gasteiger partial charge in [0.15, 0.2) is 9.84 Å². The Bertz CT molecular complexity index is 514. The summed E-state index contributed by atoms with van der Waals surface area (Å²) >= 11 is 0. The predicted molar refractivity (Wildman–Crippen MR) is 71.2 cm³/mol. The smallest absolute Gasteiger partial charge is 0.152 e. The van der Waals surface area contributed by atoms with Crippen LogP contribution in [-0.4, -0.2) is 38.7 Å². The zero-order chi connectivity index (χ0) is 13.4. The van der Waals surface area contributed by atoms with Gasteiger partial charge in [-0.15, -0.1) is 0 Å². The Labute approximate surface area is 108 Å². The van der Waals surface area contributed by atoms with Crippen LogP contribution in [0.1, 0.15) is 18.4 Å². The summed E-state index contributed by atoms with van der Waals surface area (Å²) < 4.78 is 29.0. The highest BCUT2D eigenvalue weighted by Crippen LogP contribution is 2.53. The molecule has 4 nitrogen and oxygen atoms in total. The van der Waals surface area contributed by atoms with E-state index >= 15 is 0 Å². The van der Waals surface area contributed by atoms with Crippen LogP contribution >= 0.6 is 0 Å². The summed E-state index contributed by atoms with van der Waals surface area (Å²) in [6.45, 7) is 2.69. The molecule has 5 heteroatoms. The number of nitrogens with two attached hydrogens (primary N) is 1. The average Bonchev–Trinajstić information content (AvgIpc) is 2.95. The summed E-state index contributed by atoms with van der Waals surface area (Å²) in [5.41, 5.74) is 6.42. The highest BCUT2D eigenvalue weighted by molar-refractivity contribution is 7.91. The number of ether oxygens (including phenoxy) is 1. The van der Waals surface area contributed by atoms with E-state index < -0.39 is 20.6 Å². The third kappa shape index (κ3) is 2.30. The Morgan fingerprint density at radius 1 is 1.33 bits per heavy atom. The molecule has 1 aromatic carbocycles. The maximum Gasteiger partial charge on any atom is 0.152 e. The van der Waals surface area contributed by atoms with Crippen molar-refractivity contribution in [1.29, 1.82) is 0 Å². The first-order valence-corrected chi connectivity index (χ1v) is 7.97. The van der Waals surface area contributed by atoms with E-state index in [0.717, 1.165) is 5.56 Å². The molecular weight excluding hydrogens is 250 g/mol. The predicted octanol–water partition coefficient (Wildman–Crippen LogP) is 0.931. The van der Waals surface area contributed by atoms with Crippen molar-refractivity contribution in [2.75, 3.05) is 19.5 Å². The maximum atomic E-state index is 11.8. The second-order valence-corrected chi connectivity index (χ2v) is 7.05. The highest BCUT2D eigenvalue weighted by atomic mass is 32.2. The van der Waals surface area contributed by atoms with E-state index in [1.807, 2.05) is 37.3 Å². The summed E-state index contributed by atoms with van der Waals surface area (Å²) in [5.74, 6) is -0.166. The fraction of sp³-hybridized carbons (Fsp3) is 0.538. The van der Waals surface area contributed by atoms with Crippen molar-refractivity contribution in [3.05, 3.63) is 35.9 Å². The minimum Gasteiger partial charge on any atom is -0.380 e. The van der Waals surface area contributed by atoms with Crippen LogP contribution < -0.4 is 5.73 Å². The molecule has 0 amide bonds. The average molecular weight is 269 g/mol. The molecule has 1 aromatic rings. The molecule has 0 spiro atoms. The van der Waals surface area contributed by atoms with Gasteiger partial charge >= 0.3 is 0 Å². The van der Waals surface area contributed by atoms with Crippen LogP contribution in [0.3, 0.4) is 0 Å². The topological polar surface area (TPSA) is 69.4 Å². The first-order valence-electron chi connectivity index (χ1n) is 6.01. The molecule has 2 N–H and O–H groups in total. The third-order valence-electron chi connectivity index (χ3n) is 3.48. The number of hydrogen-bond acceptors (Lipinski definition) is 4. The Morgan fingerprint density at radius 3 is 2.44 bits per heavy atom. The molecule has 0 aromatic heterocycles. The van der Waals surface area contributed by atoms with Gasteiger partial charge in [0.25, 0.3) is 0 Å². The molecule has 1 aliphatic rings. The van der Waals surface area contributed by atoms with E-state index in [1.165, 1.54) is 6.26 Å². The van der Waals surface area contributed by atoms with E-state index in [4.69, 9.17) is 10.5 Å². The van der Waals surface area contributed by atoms with Crippen molar-refractivity contribution < 1.29 is 13.2 Å². The molecule has 1 saturated carbocycles. The van der Waals surface area contributed by atoms with Crippen molar-refractivity contribution in [3.8, 4) is 0 Å².